The average Bonchev–Trinajstić information content (AvgIpc) is 3.02. The number of carbonyl (C=O) groups excluding carboxylic acids is 2. The van der Waals surface area contributed by atoms with Crippen molar-refractivity contribution >= 4 is 33.4 Å². The summed E-state index contributed by atoms with van der Waals surface area (Å²) >= 11 is 1.66. The molecule has 25 heavy (non-hydrogen) atoms. The number of aromatic nitrogens is 1. The molecule has 0 saturated carbocycles. The average molecular weight is 364 g/mol. The van der Waals surface area contributed by atoms with Crippen LogP contribution in [0.4, 0.5) is 0 Å². The lowest BCUT2D eigenvalue weighted by atomic mass is 10.2. The number of nitrogens with one attached hydrogen (secondary N) is 3. The van der Waals surface area contributed by atoms with Crippen LogP contribution >= 0.6 is 11.3 Å². The molecule has 3 atom stereocenters. The molecule has 0 saturated heterocycles. The Morgan fingerprint density at radius 2 is 2.00 bits per heavy atom. The number of benzene rings is 1. The number of fused-ring (bicyclic) bond motifs is 1. The molecule has 0 aliphatic rings. The molecule has 2 rings (SSSR count). The molecule has 0 radical (unpaired) electrons. The molecule has 3 N–H and O–H groups in total. The highest BCUT2D eigenvalue weighted by Crippen LogP contribution is 2.24. The van der Waals surface area contributed by atoms with Crippen LogP contribution < -0.4 is 15.5 Å². The van der Waals surface area contributed by atoms with Gasteiger partial charge in [0.15, 0.2) is 11.6 Å². The maximum atomic E-state index is 12.2. The number of likely N-dealkylation sites (N-methyl/N-ethyl adjacent to an activating group) is 1. The summed E-state index contributed by atoms with van der Waals surface area (Å²) < 4.78 is 1.16. The molecule has 1 aromatic carbocycles. The summed E-state index contributed by atoms with van der Waals surface area (Å²) in [4.78, 5) is 29.8. The Morgan fingerprint density at radius 1 is 1.28 bits per heavy atom. The SMILES string of the molecule is CCCNC(=O)[C@@H](C)NC(=O)C[NH+](C)[C@@H](C)c1nc2ccccc2s1. The first-order chi connectivity index (χ1) is 11.9. The standard InChI is InChI=1S/C18H26N4O2S/c1-5-10-19-17(24)12(2)20-16(23)11-22(4)13(3)18-21-14-8-6-7-9-15(14)25-18/h6-9,12-13H,5,10-11H2,1-4H3,(H,19,24)(H,20,23)/p+1/t12-,13+/m1/s1. The molecule has 2 aromatic rings. The van der Waals surface area contributed by atoms with Gasteiger partial charge in [-0.25, -0.2) is 4.98 Å². The van der Waals surface area contributed by atoms with Crippen LogP contribution in [0.25, 0.3) is 10.2 Å². The van der Waals surface area contributed by atoms with E-state index in [4.69, 9.17) is 0 Å². The van der Waals surface area contributed by atoms with Gasteiger partial charge in [-0.05, 0) is 32.4 Å². The highest BCUT2D eigenvalue weighted by molar-refractivity contribution is 7.18. The van der Waals surface area contributed by atoms with E-state index in [2.05, 4.69) is 28.6 Å². The van der Waals surface area contributed by atoms with Gasteiger partial charge in [0.25, 0.3) is 5.91 Å². The van der Waals surface area contributed by atoms with Gasteiger partial charge < -0.3 is 15.5 Å². The van der Waals surface area contributed by atoms with E-state index in [1.54, 1.807) is 18.3 Å². The van der Waals surface area contributed by atoms with E-state index in [0.29, 0.717) is 13.1 Å². The highest BCUT2D eigenvalue weighted by atomic mass is 32.1. The van der Waals surface area contributed by atoms with E-state index in [0.717, 1.165) is 26.5 Å². The van der Waals surface area contributed by atoms with Crippen LogP contribution in [0.2, 0.25) is 0 Å². The Morgan fingerprint density at radius 3 is 2.68 bits per heavy atom. The van der Waals surface area contributed by atoms with Crippen molar-refractivity contribution in [1.82, 2.24) is 15.6 Å². The number of quaternary nitrogens is 1. The van der Waals surface area contributed by atoms with Crippen LogP contribution in [-0.4, -0.2) is 43.0 Å². The molecule has 136 valence electrons. The molecule has 1 aromatic heterocycles. The lowest BCUT2D eigenvalue weighted by molar-refractivity contribution is -0.902. The van der Waals surface area contributed by atoms with Gasteiger partial charge in [-0.3, -0.25) is 9.59 Å². The van der Waals surface area contributed by atoms with Crippen molar-refractivity contribution < 1.29 is 14.5 Å². The fourth-order valence-electron chi connectivity index (χ4n) is 2.45. The summed E-state index contributed by atoms with van der Waals surface area (Å²) in [7, 11) is 1.97. The first-order valence-corrected chi connectivity index (χ1v) is 9.48. The van der Waals surface area contributed by atoms with Crippen LogP contribution in [0.15, 0.2) is 24.3 Å². The molecular formula is C18H27N4O2S+. The monoisotopic (exact) mass is 363 g/mol. The van der Waals surface area contributed by atoms with E-state index in [-0.39, 0.29) is 17.9 Å². The summed E-state index contributed by atoms with van der Waals surface area (Å²) in [6.45, 7) is 6.68. The lowest BCUT2D eigenvalue weighted by Gasteiger charge is -2.20. The second kappa shape index (κ2) is 8.92. The molecule has 0 fully saturated rings. The summed E-state index contributed by atoms with van der Waals surface area (Å²) in [6, 6.07) is 7.62. The molecule has 1 unspecified atom stereocenters. The third-order valence-corrected chi connectivity index (χ3v) is 5.40. The van der Waals surface area contributed by atoms with Crippen molar-refractivity contribution in [2.75, 3.05) is 20.1 Å². The van der Waals surface area contributed by atoms with E-state index in [1.807, 2.05) is 32.2 Å². The van der Waals surface area contributed by atoms with Gasteiger partial charge in [-0.1, -0.05) is 19.1 Å². The van der Waals surface area contributed by atoms with Crippen molar-refractivity contribution in [2.24, 2.45) is 0 Å². The van der Waals surface area contributed by atoms with Crippen molar-refractivity contribution in [2.45, 2.75) is 39.3 Å². The van der Waals surface area contributed by atoms with Gasteiger partial charge in [0, 0.05) is 6.54 Å². The van der Waals surface area contributed by atoms with Crippen molar-refractivity contribution in [3.63, 3.8) is 0 Å². The molecule has 0 aliphatic carbocycles. The number of carbonyl (C=O) groups is 2. The second-order valence-electron chi connectivity index (χ2n) is 6.34. The smallest absolute Gasteiger partial charge is 0.275 e. The fraction of sp³-hybridized carbons (Fsp3) is 0.500. The van der Waals surface area contributed by atoms with Crippen LogP contribution in [-0.2, 0) is 9.59 Å². The Kier molecular flexibility index (Phi) is 6.90. The van der Waals surface area contributed by atoms with Crippen LogP contribution in [0.1, 0.15) is 38.2 Å². The van der Waals surface area contributed by atoms with Crippen LogP contribution in [0.3, 0.4) is 0 Å². The minimum atomic E-state index is -0.524. The highest BCUT2D eigenvalue weighted by Gasteiger charge is 2.23. The summed E-state index contributed by atoms with van der Waals surface area (Å²) in [5.41, 5.74) is 0.993. The van der Waals surface area contributed by atoms with E-state index in [9.17, 15) is 9.59 Å². The topological polar surface area (TPSA) is 75.5 Å². The van der Waals surface area contributed by atoms with Gasteiger partial charge in [-0.2, -0.15) is 0 Å². The number of hydrogen-bond acceptors (Lipinski definition) is 4. The summed E-state index contributed by atoms with van der Waals surface area (Å²) in [6.07, 6.45) is 0.874. The zero-order valence-electron chi connectivity index (χ0n) is 15.3. The molecule has 0 bridgehead atoms. The Labute approximate surface area is 152 Å². The number of rotatable bonds is 8. The van der Waals surface area contributed by atoms with Gasteiger partial charge in [0.1, 0.15) is 12.1 Å². The first kappa shape index (κ1) is 19.3. The number of nitrogens with zero attached hydrogens (tertiary/aromatic N) is 1. The molecule has 7 heteroatoms. The number of para-hydroxylation sites is 1. The summed E-state index contributed by atoms with van der Waals surface area (Å²) in [5, 5.41) is 6.56. The lowest BCUT2D eigenvalue weighted by Crippen LogP contribution is -3.10. The zero-order chi connectivity index (χ0) is 18.4. The van der Waals surface area contributed by atoms with Crippen molar-refractivity contribution in [1.29, 1.82) is 0 Å². The predicted molar refractivity (Wildman–Crippen MR) is 101 cm³/mol. The van der Waals surface area contributed by atoms with Crippen LogP contribution in [0.5, 0.6) is 0 Å². The normalized spacial score (nSPS) is 14.7. The number of hydrogen-bond donors (Lipinski definition) is 3. The molecule has 1 heterocycles. The van der Waals surface area contributed by atoms with E-state index < -0.39 is 6.04 Å². The molecule has 0 spiro atoms. The largest absolute Gasteiger partial charge is 0.354 e. The van der Waals surface area contributed by atoms with E-state index >= 15 is 0 Å². The minimum Gasteiger partial charge on any atom is -0.354 e. The number of thiazole rings is 1. The Hall–Kier alpha value is -1.99. The maximum Gasteiger partial charge on any atom is 0.275 e. The van der Waals surface area contributed by atoms with Gasteiger partial charge in [0.05, 0.1) is 17.3 Å². The quantitative estimate of drug-likeness (QED) is 0.652. The molecular weight excluding hydrogens is 336 g/mol. The minimum absolute atomic E-state index is 0.104. The third-order valence-electron chi connectivity index (χ3n) is 4.18. The van der Waals surface area contributed by atoms with Crippen LogP contribution in [0, 0.1) is 0 Å². The van der Waals surface area contributed by atoms with Gasteiger partial charge in [0.2, 0.25) is 5.91 Å². The van der Waals surface area contributed by atoms with E-state index in [1.165, 1.54) is 0 Å². The van der Waals surface area contributed by atoms with Gasteiger partial charge in [-0.15, -0.1) is 11.3 Å². The molecule has 6 nitrogen and oxygen atoms in total. The maximum absolute atomic E-state index is 12.2. The zero-order valence-corrected chi connectivity index (χ0v) is 16.1. The molecule has 0 aliphatic heterocycles. The first-order valence-electron chi connectivity index (χ1n) is 8.67. The Bertz CT molecular complexity index is 698. The number of amides is 2. The van der Waals surface area contributed by atoms with Crippen molar-refractivity contribution in [3.8, 4) is 0 Å². The Balaban J connectivity index is 1.90. The second-order valence-corrected chi connectivity index (χ2v) is 7.41. The summed E-state index contributed by atoms with van der Waals surface area (Å²) in [5.74, 6) is -0.281. The van der Waals surface area contributed by atoms with Gasteiger partial charge >= 0.3 is 0 Å². The van der Waals surface area contributed by atoms with Crippen molar-refractivity contribution in [3.05, 3.63) is 29.3 Å². The third kappa shape index (κ3) is 5.24. The predicted octanol–water partition coefficient (Wildman–Crippen LogP) is 0.903. The fourth-order valence-corrected chi connectivity index (χ4v) is 3.56. The molecule has 2 amide bonds.